The molecule has 6 rings (SSSR count). The number of nitrogens with zero attached hydrogens (tertiary/aromatic N) is 5. The zero-order valence-electron chi connectivity index (χ0n) is 27.7. The maximum Gasteiger partial charge on any atom is 0.416 e. The first-order valence-electron chi connectivity index (χ1n) is 15.7. The van der Waals surface area contributed by atoms with Gasteiger partial charge in [-0.2, -0.15) is 22.0 Å². The first-order chi connectivity index (χ1) is 24.3. The van der Waals surface area contributed by atoms with Crippen LogP contribution < -0.4 is 14.4 Å². The molecule has 2 amide bonds. The number of carbonyl (C=O) groups excluding carboxylic acids is 2. The number of amides is 2. The first kappa shape index (κ1) is 38.5. The number of alkyl halides is 5. The van der Waals surface area contributed by atoms with Crippen molar-refractivity contribution in [3.8, 4) is 17.4 Å². The predicted molar refractivity (Wildman–Crippen MR) is 191 cm³/mol. The van der Waals surface area contributed by atoms with Gasteiger partial charge in [-0.25, -0.2) is 4.98 Å². The molecule has 1 fully saturated rings. The van der Waals surface area contributed by atoms with E-state index in [0.717, 1.165) is 28.6 Å². The number of aryl methyl sites for hydroxylation is 1. The number of hydrogen-bond donors (Lipinski definition) is 0. The topological polar surface area (TPSA) is 80.1 Å². The standard InChI is InChI=1S/C36H31ClF5N5O4.BrH/c1-44(33(48)28-11-6-24(18-29(28)37)36(40,41)42)25-7-12-32(43-20-25)50-27-10-5-23-17-31(45(2)30(23)19-27)34(49)47-15-13-46(14-16-47)21-22-3-8-26(9-4-22)51-35(38)39;/h3-12,17-20,35H,13-16,21H2,1-2H3;1H. The van der Waals surface area contributed by atoms with Crippen molar-refractivity contribution in [2.24, 2.45) is 7.05 Å². The highest BCUT2D eigenvalue weighted by Gasteiger charge is 2.32. The van der Waals surface area contributed by atoms with Gasteiger partial charge in [0.05, 0.1) is 33.6 Å². The fraction of sp³-hybridized carbons (Fsp3) is 0.250. The average Bonchev–Trinajstić information content (AvgIpc) is 3.43. The van der Waals surface area contributed by atoms with Crippen LogP contribution in [0.25, 0.3) is 10.9 Å². The molecular formula is C36H32BrClF5N5O4. The van der Waals surface area contributed by atoms with E-state index in [0.29, 0.717) is 55.9 Å². The minimum absolute atomic E-state index is 0. The van der Waals surface area contributed by atoms with E-state index in [-0.39, 0.29) is 45.1 Å². The molecule has 274 valence electrons. The van der Waals surface area contributed by atoms with Gasteiger partial charge in [0.25, 0.3) is 11.8 Å². The van der Waals surface area contributed by atoms with E-state index in [1.165, 1.54) is 30.3 Å². The molecule has 2 aromatic heterocycles. The Morgan fingerprint density at radius 2 is 1.62 bits per heavy atom. The number of hydrogen-bond acceptors (Lipinski definition) is 6. The van der Waals surface area contributed by atoms with Crippen LogP contribution in [0.1, 0.15) is 32.0 Å². The zero-order chi connectivity index (χ0) is 36.4. The van der Waals surface area contributed by atoms with Gasteiger partial charge in [-0.1, -0.05) is 23.7 Å². The Labute approximate surface area is 310 Å². The summed E-state index contributed by atoms with van der Waals surface area (Å²) in [6.07, 6.45) is -3.19. The number of ether oxygens (including phenoxy) is 2. The van der Waals surface area contributed by atoms with Gasteiger partial charge in [0.2, 0.25) is 5.88 Å². The van der Waals surface area contributed by atoms with Gasteiger partial charge >= 0.3 is 12.8 Å². The van der Waals surface area contributed by atoms with Crippen LogP contribution in [0, 0.1) is 0 Å². The van der Waals surface area contributed by atoms with Crippen molar-refractivity contribution in [3.05, 3.63) is 112 Å². The molecule has 0 aliphatic carbocycles. The molecule has 0 atom stereocenters. The molecule has 0 unspecified atom stereocenters. The van der Waals surface area contributed by atoms with Gasteiger partial charge in [-0.05, 0) is 60.2 Å². The van der Waals surface area contributed by atoms with Crippen LogP contribution in [0.3, 0.4) is 0 Å². The lowest BCUT2D eigenvalue weighted by Gasteiger charge is -2.34. The number of piperazine rings is 1. The molecule has 0 spiro atoms. The Morgan fingerprint density at radius 1 is 0.923 bits per heavy atom. The summed E-state index contributed by atoms with van der Waals surface area (Å²) in [6, 6.07) is 19.4. The van der Waals surface area contributed by atoms with Crippen LogP contribution in [0.5, 0.6) is 17.4 Å². The average molecular weight is 809 g/mol. The highest BCUT2D eigenvalue weighted by atomic mass is 79.9. The van der Waals surface area contributed by atoms with E-state index < -0.39 is 24.3 Å². The quantitative estimate of drug-likeness (QED) is 0.139. The van der Waals surface area contributed by atoms with Crippen LogP contribution in [0.2, 0.25) is 5.02 Å². The summed E-state index contributed by atoms with van der Waals surface area (Å²) < 4.78 is 76.0. The number of anilines is 1. The first-order valence-corrected chi connectivity index (χ1v) is 16.1. The SMILES string of the molecule is Br.CN(C(=O)c1ccc(C(F)(F)F)cc1Cl)c1ccc(Oc2ccc3cc(C(=O)N4CCN(Cc5ccc(OC(F)F)cc5)CC4)n(C)c3c2)nc1. The number of aromatic nitrogens is 2. The Bertz CT molecular complexity index is 2050. The van der Waals surface area contributed by atoms with Crippen LogP contribution in [0.4, 0.5) is 27.6 Å². The third kappa shape index (κ3) is 8.65. The van der Waals surface area contributed by atoms with Gasteiger partial charge in [-0.15, -0.1) is 17.0 Å². The molecule has 3 aromatic carbocycles. The Kier molecular flexibility index (Phi) is 11.8. The number of pyridine rings is 1. The number of carbonyl (C=O) groups is 2. The Morgan fingerprint density at radius 3 is 2.23 bits per heavy atom. The van der Waals surface area contributed by atoms with Crippen molar-refractivity contribution in [1.82, 2.24) is 19.4 Å². The number of benzene rings is 3. The van der Waals surface area contributed by atoms with Crippen LogP contribution in [0.15, 0.2) is 85.1 Å². The second kappa shape index (κ2) is 15.9. The fourth-order valence-corrected chi connectivity index (χ4v) is 6.06. The monoisotopic (exact) mass is 807 g/mol. The van der Waals surface area contributed by atoms with E-state index in [1.54, 1.807) is 48.3 Å². The van der Waals surface area contributed by atoms with Gasteiger partial charge in [0, 0.05) is 64.3 Å². The molecule has 52 heavy (non-hydrogen) atoms. The minimum Gasteiger partial charge on any atom is -0.439 e. The molecule has 16 heteroatoms. The summed E-state index contributed by atoms with van der Waals surface area (Å²) in [5, 5.41) is 0.526. The van der Waals surface area contributed by atoms with Crippen molar-refractivity contribution < 1.29 is 41.0 Å². The maximum absolute atomic E-state index is 13.5. The fourth-order valence-electron chi connectivity index (χ4n) is 5.80. The molecule has 0 N–H and O–H groups in total. The molecule has 1 saturated heterocycles. The van der Waals surface area contributed by atoms with Crippen LogP contribution >= 0.6 is 28.6 Å². The van der Waals surface area contributed by atoms with Crippen LogP contribution in [-0.2, 0) is 19.8 Å². The molecule has 9 nitrogen and oxygen atoms in total. The lowest BCUT2D eigenvalue weighted by atomic mass is 10.1. The Hall–Kier alpha value is -4.73. The minimum atomic E-state index is -4.59. The van der Waals surface area contributed by atoms with Gasteiger partial charge in [0.1, 0.15) is 17.2 Å². The van der Waals surface area contributed by atoms with E-state index in [4.69, 9.17) is 16.3 Å². The summed E-state index contributed by atoms with van der Waals surface area (Å²) in [7, 11) is 3.26. The molecule has 0 bridgehead atoms. The smallest absolute Gasteiger partial charge is 0.416 e. The van der Waals surface area contributed by atoms with Crippen molar-refractivity contribution >= 4 is 57.0 Å². The number of fused-ring (bicyclic) bond motifs is 1. The predicted octanol–water partition coefficient (Wildman–Crippen LogP) is 8.45. The summed E-state index contributed by atoms with van der Waals surface area (Å²) in [4.78, 5) is 36.0. The summed E-state index contributed by atoms with van der Waals surface area (Å²) in [6.45, 7) is 0.119. The van der Waals surface area contributed by atoms with E-state index in [9.17, 15) is 31.5 Å². The molecule has 0 radical (unpaired) electrons. The molecule has 3 heterocycles. The molecule has 5 aromatic rings. The van der Waals surface area contributed by atoms with E-state index in [2.05, 4.69) is 14.6 Å². The summed E-state index contributed by atoms with van der Waals surface area (Å²) in [5.74, 6) is 0.0893. The molecule has 1 aliphatic heterocycles. The van der Waals surface area contributed by atoms with Gasteiger partial charge < -0.3 is 23.8 Å². The molecule has 0 saturated carbocycles. The third-order valence-corrected chi connectivity index (χ3v) is 8.92. The Balaban J connectivity index is 0.00000523. The summed E-state index contributed by atoms with van der Waals surface area (Å²) >= 11 is 6.01. The summed E-state index contributed by atoms with van der Waals surface area (Å²) in [5.41, 5.74) is 1.57. The largest absolute Gasteiger partial charge is 0.439 e. The number of rotatable bonds is 9. The van der Waals surface area contributed by atoms with Gasteiger partial charge in [0.15, 0.2) is 0 Å². The van der Waals surface area contributed by atoms with Crippen molar-refractivity contribution in [2.75, 3.05) is 38.1 Å². The zero-order valence-corrected chi connectivity index (χ0v) is 30.2. The highest BCUT2D eigenvalue weighted by Crippen LogP contribution is 2.33. The molecule has 1 aliphatic rings. The molecular weight excluding hydrogens is 777 g/mol. The lowest BCUT2D eigenvalue weighted by Crippen LogP contribution is -2.48. The second-order valence-electron chi connectivity index (χ2n) is 11.9. The van der Waals surface area contributed by atoms with Crippen molar-refractivity contribution in [1.29, 1.82) is 0 Å². The van der Waals surface area contributed by atoms with Crippen molar-refractivity contribution in [3.63, 3.8) is 0 Å². The third-order valence-electron chi connectivity index (χ3n) is 8.61. The second-order valence-corrected chi connectivity index (χ2v) is 12.3. The van der Waals surface area contributed by atoms with Crippen LogP contribution in [-0.4, -0.2) is 71.0 Å². The lowest BCUT2D eigenvalue weighted by molar-refractivity contribution is -0.137. The van der Waals surface area contributed by atoms with Crippen molar-refractivity contribution in [2.45, 2.75) is 19.3 Å². The highest BCUT2D eigenvalue weighted by molar-refractivity contribution is 8.93. The number of halogens is 7. The van der Waals surface area contributed by atoms with E-state index in [1.807, 2.05) is 16.7 Å². The van der Waals surface area contributed by atoms with E-state index >= 15 is 0 Å². The maximum atomic E-state index is 13.5. The normalized spacial score (nSPS) is 13.6. The van der Waals surface area contributed by atoms with Gasteiger partial charge in [-0.3, -0.25) is 14.5 Å².